The van der Waals surface area contributed by atoms with Gasteiger partial charge in [0.05, 0.1) is 0 Å². The first-order valence-electron chi connectivity index (χ1n) is 5.55. The van der Waals surface area contributed by atoms with E-state index < -0.39 is 0 Å². The van der Waals surface area contributed by atoms with Crippen LogP contribution in [0.4, 0.5) is 0 Å². The average Bonchev–Trinajstić information content (AvgIpc) is 2.24. The Bertz CT molecular complexity index is 176. The molecule has 78 valence electrons. The van der Waals surface area contributed by atoms with E-state index in [1.54, 1.807) is 0 Å². The van der Waals surface area contributed by atoms with Crippen LogP contribution in [0.5, 0.6) is 0 Å². The topological polar surface area (TPSA) is 3.24 Å². The number of rotatable bonds is 1. The fraction of sp³-hybridized carbons (Fsp3) is 1.00. The monoisotopic (exact) mass is 183 g/mol. The second-order valence-corrected chi connectivity index (χ2v) is 6.07. The maximum absolute atomic E-state index is 2.66. The molecule has 0 aromatic heterocycles. The van der Waals surface area contributed by atoms with E-state index in [9.17, 15) is 0 Å². The van der Waals surface area contributed by atoms with Crippen LogP contribution in [0.2, 0.25) is 0 Å². The first-order valence-corrected chi connectivity index (χ1v) is 5.55. The van der Waals surface area contributed by atoms with Crippen molar-refractivity contribution >= 4 is 0 Å². The van der Waals surface area contributed by atoms with Crippen LogP contribution >= 0.6 is 0 Å². The van der Waals surface area contributed by atoms with E-state index in [2.05, 4.69) is 46.4 Å². The van der Waals surface area contributed by atoms with Crippen LogP contribution in [-0.2, 0) is 0 Å². The van der Waals surface area contributed by atoms with Gasteiger partial charge < -0.3 is 0 Å². The Morgan fingerprint density at radius 2 is 1.85 bits per heavy atom. The van der Waals surface area contributed by atoms with E-state index in [4.69, 9.17) is 0 Å². The van der Waals surface area contributed by atoms with Gasteiger partial charge in [-0.2, -0.15) is 0 Å². The van der Waals surface area contributed by atoms with Crippen molar-refractivity contribution in [1.82, 2.24) is 4.90 Å². The van der Waals surface area contributed by atoms with E-state index in [0.29, 0.717) is 11.1 Å². The minimum atomic E-state index is 0.327. The molecule has 0 saturated carbocycles. The van der Waals surface area contributed by atoms with Gasteiger partial charge in [0.15, 0.2) is 0 Å². The molecule has 1 nitrogen and oxygen atoms in total. The normalized spacial score (nSPS) is 29.5. The van der Waals surface area contributed by atoms with E-state index in [0.717, 1.165) is 5.92 Å². The summed E-state index contributed by atoms with van der Waals surface area (Å²) in [4.78, 5) is 2.66. The van der Waals surface area contributed by atoms with Crippen LogP contribution in [0.3, 0.4) is 0 Å². The molecule has 0 aromatic carbocycles. The highest BCUT2D eigenvalue weighted by Gasteiger charge is 2.42. The Morgan fingerprint density at radius 3 is 2.08 bits per heavy atom. The van der Waals surface area contributed by atoms with Gasteiger partial charge in [-0.15, -0.1) is 0 Å². The predicted octanol–water partition coefficient (Wildman–Crippen LogP) is 3.30. The van der Waals surface area contributed by atoms with E-state index in [1.165, 1.54) is 19.4 Å². The molecule has 0 bridgehead atoms. The zero-order valence-corrected chi connectivity index (χ0v) is 10.1. The van der Waals surface area contributed by atoms with Gasteiger partial charge in [-0.1, -0.05) is 13.3 Å². The minimum Gasteiger partial charge on any atom is -0.293 e. The Kier molecular flexibility index (Phi) is 2.78. The largest absolute Gasteiger partial charge is 0.293 e. The molecule has 1 unspecified atom stereocenters. The Morgan fingerprint density at radius 1 is 1.31 bits per heavy atom. The second kappa shape index (κ2) is 3.27. The number of likely N-dealkylation sites (tertiary alicyclic amines) is 1. The standard InChI is InChI=1S/C12H25N/c1-7-10-8-12(5,6)13(9-10)11(2,3)4/h10H,7-9H2,1-6H3. The lowest BCUT2D eigenvalue weighted by molar-refractivity contribution is 0.0670. The molecule has 1 aliphatic rings. The number of nitrogens with zero attached hydrogens (tertiary/aromatic N) is 1. The van der Waals surface area contributed by atoms with Crippen molar-refractivity contribution in [3.63, 3.8) is 0 Å². The molecule has 1 heterocycles. The van der Waals surface area contributed by atoms with E-state index in [-0.39, 0.29) is 0 Å². The molecule has 0 radical (unpaired) electrons. The summed E-state index contributed by atoms with van der Waals surface area (Å²) >= 11 is 0. The van der Waals surface area contributed by atoms with Gasteiger partial charge >= 0.3 is 0 Å². The van der Waals surface area contributed by atoms with Crippen LogP contribution < -0.4 is 0 Å². The molecule has 0 spiro atoms. The highest BCUT2D eigenvalue weighted by Crippen LogP contribution is 2.38. The third kappa shape index (κ3) is 2.25. The highest BCUT2D eigenvalue weighted by molar-refractivity contribution is 4.97. The molecule has 1 heteroatoms. The van der Waals surface area contributed by atoms with Crippen LogP contribution in [0, 0.1) is 5.92 Å². The summed E-state index contributed by atoms with van der Waals surface area (Å²) in [6.07, 6.45) is 2.69. The first-order chi connectivity index (χ1) is 5.77. The van der Waals surface area contributed by atoms with E-state index >= 15 is 0 Å². The molecule has 0 amide bonds. The molecule has 0 N–H and O–H groups in total. The Balaban J connectivity index is 2.76. The van der Waals surface area contributed by atoms with Gasteiger partial charge in [-0.3, -0.25) is 4.90 Å². The number of hydrogen-bond acceptors (Lipinski definition) is 1. The van der Waals surface area contributed by atoms with Crippen molar-refractivity contribution < 1.29 is 0 Å². The highest BCUT2D eigenvalue weighted by atomic mass is 15.3. The maximum atomic E-state index is 2.66. The van der Waals surface area contributed by atoms with Crippen molar-refractivity contribution in [2.75, 3.05) is 6.54 Å². The SMILES string of the molecule is CCC1CN(C(C)(C)C)C(C)(C)C1. The maximum Gasteiger partial charge on any atom is 0.0161 e. The van der Waals surface area contributed by atoms with Gasteiger partial charge in [0.1, 0.15) is 0 Å². The lowest BCUT2D eigenvalue weighted by Crippen LogP contribution is -2.49. The fourth-order valence-corrected chi connectivity index (χ4v) is 2.84. The molecule has 1 aliphatic heterocycles. The van der Waals surface area contributed by atoms with Crippen LogP contribution in [0.15, 0.2) is 0 Å². The summed E-state index contributed by atoms with van der Waals surface area (Å²) in [6.45, 7) is 15.3. The molecule has 1 fully saturated rings. The summed E-state index contributed by atoms with van der Waals surface area (Å²) in [7, 11) is 0. The summed E-state index contributed by atoms with van der Waals surface area (Å²) in [6, 6.07) is 0. The van der Waals surface area contributed by atoms with Gasteiger partial charge in [0.25, 0.3) is 0 Å². The Hall–Kier alpha value is -0.0400. The van der Waals surface area contributed by atoms with Gasteiger partial charge in [0.2, 0.25) is 0 Å². The van der Waals surface area contributed by atoms with E-state index in [1.807, 2.05) is 0 Å². The second-order valence-electron chi connectivity index (χ2n) is 6.07. The average molecular weight is 183 g/mol. The molecule has 0 aliphatic carbocycles. The molecule has 1 rings (SSSR count). The molecular weight excluding hydrogens is 158 g/mol. The third-order valence-corrected chi connectivity index (χ3v) is 3.35. The van der Waals surface area contributed by atoms with Crippen molar-refractivity contribution in [2.45, 2.75) is 65.5 Å². The third-order valence-electron chi connectivity index (χ3n) is 3.35. The zero-order valence-electron chi connectivity index (χ0n) is 10.1. The lowest BCUT2D eigenvalue weighted by atomic mass is 9.93. The van der Waals surface area contributed by atoms with Gasteiger partial charge in [-0.25, -0.2) is 0 Å². The van der Waals surface area contributed by atoms with Crippen LogP contribution in [0.1, 0.15) is 54.4 Å². The smallest absolute Gasteiger partial charge is 0.0161 e. The summed E-state index contributed by atoms with van der Waals surface area (Å²) in [5.74, 6) is 0.911. The fourth-order valence-electron chi connectivity index (χ4n) is 2.84. The quantitative estimate of drug-likeness (QED) is 0.603. The molecule has 1 saturated heterocycles. The van der Waals surface area contributed by atoms with Crippen LogP contribution in [-0.4, -0.2) is 22.5 Å². The lowest BCUT2D eigenvalue weighted by Gasteiger charge is -2.42. The zero-order chi connectivity index (χ0) is 10.3. The molecule has 1 atom stereocenters. The van der Waals surface area contributed by atoms with Crippen molar-refractivity contribution in [1.29, 1.82) is 0 Å². The van der Waals surface area contributed by atoms with Crippen molar-refractivity contribution in [3.05, 3.63) is 0 Å². The Labute approximate surface area is 83.5 Å². The minimum absolute atomic E-state index is 0.327. The summed E-state index contributed by atoms with van der Waals surface area (Å²) in [5.41, 5.74) is 0.729. The summed E-state index contributed by atoms with van der Waals surface area (Å²) in [5, 5.41) is 0. The predicted molar refractivity (Wildman–Crippen MR) is 58.9 cm³/mol. The molecule has 13 heavy (non-hydrogen) atoms. The van der Waals surface area contributed by atoms with Crippen molar-refractivity contribution in [2.24, 2.45) is 5.92 Å². The van der Waals surface area contributed by atoms with Crippen LogP contribution in [0.25, 0.3) is 0 Å². The van der Waals surface area contributed by atoms with Crippen molar-refractivity contribution in [3.8, 4) is 0 Å². The van der Waals surface area contributed by atoms with Gasteiger partial charge in [-0.05, 0) is 47.0 Å². The molecular formula is C12H25N. The number of hydrogen-bond donors (Lipinski definition) is 0. The molecule has 0 aromatic rings. The van der Waals surface area contributed by atoms with Gasteiger partial charge in [0, 0.05) is 17.6 Å². The first kappa shape index (κ1) is 11.0. The summed E-state index contributed by atoms with van der Waals surface area (Å²) < 4.78 is 0.